The van der Waals surface area contributed by atoms with Crippen LogP contribution in [0.5, 0.6) is 0 Å². The van der Waals surface area contributed by atoms with Crippen LogP contribution in [0.25, 0.3) is 11.1 Å². The number of alkyl halides is 3. The Morgan fingerprint density at radius 2 is 1.74 bits per heavy atom. The molecule has 0 spiro atoms. The molecule has 0 radical (unpaired) electrons. The van der Waals surface area contributed by atoms with Gasteiger partial charge in [0.05, 0.1) is 12.7 Å². The van der Waals surface area contributed by atoms with Crippen molar-refractivity contribution in [2.24, 2.45) is 5.73 Å². The molecule has 2 N–H and O–H groups in total. The smallest absolute Gasteiger partial charge is 0.416 e. The van der Waals surface area contributed by atoms with Gasteiger partial charge in [-0.1, -0.05) is 36.4 Å². The second kappa shape index (κ2) is 6.83. The van der Waals surface area contributed by atoms with Crippen molar-refractivity contribution in [1.29, 1.82) is 0 Å². The van der Waals surface area contributed by atoms with Gasteiger partial charge in [-0.25, -0.2) is 0 Å². The lowest BCUT2D eigenvalue weighted by Gasteiger charge is -2.12. The van der Waals surface area contributed by atoms with Crippen LogP contribution in [-0.2, 0) is 22.1 Å². The van der Waals surface area contributed by atoms with Crippen molar-refractivity contribution in [3.05, 3.63) is 59.7 Å². The van der Waals surface area contributed by atoms with Crippen LogP contribution in [0.2, 0.25) is 0 Å². The maximum atomic E-state index is 12.8. The van der Waals surface area contributed by atoms with E-state index < -0.39 is 23.8 Å². The molecule has 23 heavy (non-hydrogen) atoms. The molecule has 0 aliphatic rings. The van der Waals surface area contributed by atoms with Gasteiger partial charge in [0.15, 0.2) is 0 Å². The van der Waals surface area contributed by atoms with Crippen molar-refractivity contribution in [3.8, 4) is 11.1 Å². The number of hydrogen-bond acceptors (Lipinski definition) is 3. The first-order valence-electron chi connectivity index (χ1n) is 6.91. The van der Waals surface area contributed by atoms with Gasteiger partial charge >= 0.3 is 12.1 Å². The van der Waals surface area contributed by atoms with Crippen LogP contribution in [0.15, 0.2) is 48.5 Å². The molecule has 0 bridgehead atoms. The summed E-state index contributed by atoms with van der Waals surface area (Å²) in [6.07, 6.45) is -4.14. The van der Waals surface area contributed by atoms with E-state index in [1.807, 2.05) is 0 Å². The highest BCUT2D eigenvalue weighted by atomic mass is 19.4. The molecule has 0 saturated carbocycles. The van der Waals surface area contributed by atoms with Gasteiger partial charge < -0.3 is 10.5 Å². The summed E-state index contributed by atoms with van der Waals surface area (Å²) in [5.74, 6) is -0.533. The molecule has 0 fully saturated rings. The second-order valence-corrected chi connectivity index (χ2v) is 5.11. The maximum absolute atomic E-state index is 12.8. The summed E-state index contributed by atoms with van der Waals surface area (Å²) in [6.45, 7) is 0. The largest absolute Gasteiger partial charge is 0.468 e. The molecule has 6 heteroatoms. The van der Waals surface area contributed by atoms with Gasteiger partial charge in [-0.05, 0) is 35.2 Å². The SMILES string of the molecule is COC(=O)C(N)Cc1cccc(-c2cccc(C(F)(F)F)c2)c1. The topological polar surface area (TPSA) is 52.3 Å². The zero-order valence-electron chi connectivity index (χ0n) is 12.4. The molecule has 1 atom stereocenters. The molecule has 0 amide bonds. The van der Waals surface area contributed by atoms with Crippen LogP contribution < -0.4 is 5.73 Å². The Kier molecular flexibility index (Phi) is 5.05. The lowest BCUT2D eigenvalue weighted by atomic mass is 9.98. The molecule has 2 aromatic carbocycles. The molecule has 122 valence electrons. The molecule has 3 nitrogen and oxygen atoms in total. The van der Waals surface area contributed by atoms with E-state index in [-0.39, 0.29) is 6.42 Å². The van der Waals surface area contributed by atoms with Crippen LogP contribution in [0.4, 0.5) is 13.2 Å². The van der Waals surface area contributed by atoms with Crippen molar-refractivity contribution in [2.45, 2.75) is 18.6 Å². The molecule has 0 aliphatic carbocycles. The number of hydrogen-bond donors (Lipinski definition) is 1. The van der Waals surface area contributed by atoms with Gasteiger partial charge in [0, 0.05) is 0 Å². The lowest BCUT2D eigenvalue weighted by Crippen LogP contribution is -2.33. The molecule has 0 aliphatic heterocycles. The third-order valence-corrected chi connectivity index (χ3v) is 3.41. The van der Waals surface area contributed by atoms with Gasteiger partial charge in [-0.2, -0.15) is 13.2 Å². The second-order valence-electron chi connectivity index (χ2n) is 5.11. The zero-order valence-corrected chi connectivity index (χ0v) is 12.4. The molecular formula is C17H16F3NO2. The van der Waals surface area contributed by atoms with Crippen molar-refractivity contribution in [1.82, 2.24) is 0 Å². The van der Waals surface area contributed by atoms with Crippen molar-refractivity contribution < 1.29 is 22.7 Å². The zero-order chi connectivity index (χ0) is 17.0. The summed E-state index contributed by atoms with van der Waals surface area (Å²) in [6, 6.07) is 11.2. The van der Waals surface area contributed by atoms with E-state index in [0.717, 1.165) is 17.7 Å². The summed E-state index contributed by atoms with van der Waals surface area (Å²) >= 11 is 0. The first kappa shape index (κ1) is 17.0. The molecule has 2 rings (SSSR count). The van der Waals surface area contributed by atoms with Crippen LogP contribution in [0.1, 0.15) is 11.1 Å². The maximum Gasteiger partial charge on any atom is 0.416 e. The monoisotopic (exact) mass is 323 g/mol. The number of halogens is 3. The molecule has 1 unspecified atom stereocenters. The van der Waals surface area contributed by atoms with Gasteiger partial charge in [0.25, 0.3) is 0 Å². The van der Waals surface area contributed by atoms with Crippen LogP contribution in [-0.4, -0.2) is 19.1 Å². The predicted octanol–water partition coefficient (Wildman–Crippen LogP) is 3.42. The third kappa shape index (κ3) is 4.32. The van der Waals surface area contributed by atoms with E-state index in [9.17, 15) is 18.0 Å². The Morgan fingerprint density at radius 1 is 1.13 bits per heavy atom. The van der Waals surface area contributed by atoms with Gasteiger partial charge in [0.1, 0.15) is 6.04 Å². The number of carbonyl (C=O) groups is 1. The average Bonchev–Trinajstić information content (AvgIpc) is 2.53. The van der Waals surface area contributed by atoms with E-state index in [2.05, 4.69) is 4.74 Å². The number of rotatable bonds is 4. The highest BCUT2D eigenvalue weighted by Crippen LogP contribution is 2.32. The van der Waals surface area contributed by atoms with Crippen LogP contribution >= 0.6 is 0 Å². The fourth-order valence-electron chi connectivity index (χ4n) is 2.24. The molecule has 0 saturated heterocycles. The summed E-state index contributed by atoms with van der Waals surface area (Å²) in [4.78, 5) is 11.4. The number of carbonyl (C=O) groups excluding carboxylic acids is 1. The van der Waals surface area contributed by atoms with E-state index in [4.69, 9.17) is 5.73 Å². The van der Waals surface area contributed by atoms with Gasteiger partial charge in [-0.3, -0.25) is 4.79 Å². The fourth-order valence-corrected chi connectivity index (χ4v) is 2.24. The van der Waals surface area contributed by atoms with Crippen molar-refractivity contribution in [3.63, 3.8) is 0 Å². The van der Waals surface area contributed by atoms with Crippen LogP contribution in [0, 0.1) is 0 Å². The average molecular weight is 323 g/mol. The lowest BCUT2D eigenvalue weighted by molar-refractivity contribution is -0.142. The number of ether oxygens (including phenoxy) is 1. The van der Waals surface area contributed by atoms with E-state index in [1.54, 1.807) is 30.3 Å². The Hall–Kier alpha value is -2.34. The van der Waals surface area contributed by atoms with E-state index in [1.165, 1.54) is 13.2 Å². The van der Waals surface area contributed by atoms with E-state index in [0.29, 0.717) is 11.1 Å². The van der Waals surface area contributed by atoms with Crippen molar-refractivity contribution in [2.75, 3.05) is 7.11 Å². The fraction of sp³-hybridized carbons (Fsp3) is 0.235. The minimum absolute atomic E-state index is 0.249. The first-order valence-corrected chi connectivity index (χ1v) is 6.91. The first-order chi connectivity index (χ1) is 10.8. The number of benzene rings is 2. The highest BCUT2D eigenvalue weighted by molar-refractivity contribution is 5.76. The summed E-state index contributed by atoms with van der Waals surface area (Å²) in [5.41, 5.74) is 6.83. The summed E-state index contributed by atoms with van der Waals surface area (Å²) < 4.78 is 42.9. The van der Waals surface area contributed by atoms with Gasteiger partial charge in [-0.15, -0.1) is 0 Å². The number of methoxy groups -OCH3 is 1. The summed E-state index contributed by atoms with van der Waals surface area (Å²) in [7, 11) is 1.25. The minimum atomic E-state index is -4.39. The standard InChI is InChI=1S/C17H16F3NO2/c1-23-16(22)15(21)9-11-4-2-5-12(8-11)13-6-3-7-14(10-13)17(18,19)20/h2-8,10,15H,9,21H2,1H3. The Balaban J connectivity index is 2.28. The number of nitrogens with two attached hydrogens (primary N) is 1. The Morgan fingerprint density at radius 3 is 2.35 bits per heavy atom. The molecular weight excluding hydrogens is 307 g/mol. The normalized spacial score (nSPS) is 12.7. The molecule has 0 aromatic heterocycles. The molecule has 2 aromatic rings. The highest BCUT2D eigenvalue weighted by Gasteiger charge is 2.30. The van der Waals surface area contributed by atoms with Crippen LogP contribution in [0.3, 0.4) is 0 Å². The predicted molar refractivity (Wildman–Crippen MR) is 80.6 cm³/mol. The number of esters is 1. The van der Waals surface area contributed by atoms with Gasteiger partial charge in [0.2, 0.25) is 0 Å². The molecule has 0 heterocycles. The van der Waals surface area contributed by atoms with Crippen molar-refractivity contribution >= 4 is 5.97 Å². The Bertz CT molecular complexity index is 698. The van der Waals surface area contributed by atoms with E-state index >= 15 is 0 Å². The Labute approximate surface area is 131 Å². The minimum Gasteiger partial charge on any atom is -0.468 e. The third-order valence-electron chi connectivity index (χ3n) is 3.41. The summed E-state index contributed by atoms with van der Waals surface area (Å²) in [5, 5.41) is 0. The quantitative estimate of drug-likeness (QED) is 0.877.